The molecule has 0 bridgehead atoms. The monoisotopic (exact) mass is 600 g/mol. The number of imidazole rings is 1. The number of aromatic nitrogens is 2. The average Bonchev–Trinajstić information content (AvgIpc) is 3.72. The fraction of sp³-hybridized carbons (Fsp3) is 0.281. The van der Waals surface area contributed by atoms with Gasteiger partial charge in [-0.15, -0.1) is 0 Å². The molecule has 0 radical (unpaired) electrons. The Bertz CT molecular complexity index is 1720. The SMILES string of the molecule is COc1ccc(C(=O)N2CCC(n3cncc3-c3ccc(OS(=O)(=O)c4cccc(C(=O)NC5CC5)c4)cc3)CC2)cc1. The predicted octanol–water partition coefficient (Wildman–Crippen LogP) is 4.70. The van der Waals surface area contributed by atoms with E-state index < -0.39 is 10.1 Å². The Hall–Kier alpha value is -4.64. The van der Waals surface area contributed by atoms with E-state index in [0.29, 0.717) is 24.4 Å². The predicted molar refractivity (Wildman–Crippen MR) is 160 cm³/mol. The van der Waals surface area contributed by atoms with Gasteiger partial charge in [-0.25, -0.2) is 4.98 Å². The summed E-state index contributed by atoms with van der Waals surface area (Å²) < 4.78 is 38.6. The van der Waals surface area contributed by atoms with Gasteiger partial charge in [0, 0.05) is 41.9 Å². The molecule has 2 aliphatic rings. The fourth-order valence-electron chi connectivity index (χ4n) is 5.23. The van der Waals surface area contributed by atoms with E-state index in [2.05, 4.69) is 14.9 Å². The number of hydrogen-bond donors (Lipinski definition) is 1. The first kappa shape index (κ1) is 28.5. The van der Waals surface area contributed by atoms with Gasteiger partial charge in [0.2, 0.25) is 0 Å². The highest BCUT2D eigenvalue weighted by Crippen LogP contribution is 2.31. The summed E-state index contributed by atoms with van der Waals surface area (Å²) >= 11 is 0. The summed E-state index contributed by atoms with van der Waals surface area (Å²) in [5.41, 5.74) is 2.66. The van der Waals surface area contributed by atoms with Crippen molar-refractivity contribution >= 4 is 21.9 Å². The van der Waals surface area contributed by atoms with Crippen molar-refractivity contribution in [2.75, 3.05) is 20.2 Å². The van der Waals surface area contributed by atoms with Crippen molar-refractivity contribution in [1.82, 2.24) is 19.8 Å². The maximum atomic E-state index is 13.0. The molecule has 4 aromatic rings. The Morgan fingerprint density at radius 1 is 0.884 bits per heavy atom. The Kier molecular flexibility index (Phi) is 7.90. The van der Waals surface area contributed by atoms with Crippen molar-refractivity contribution in [2.24, 2.45) is 0 Å². The first-order valence-electron chi connectivity index (χ1n) is 14.2. The molecular weight excluding hydrogens is 568 g/mol. The lowest BCUT2D eigenvalue weighted by Gasteiger charge is -2.33. The lowest BCUT2D eigenvalue weighted by Crippen LogP contribution is -2.39. The maximum Gasteiger partial charge on any atom is 0.339 e. The number of amides is 2. The summed E-state index contributed by atoms with van der Waals surface area (Å²) in [6.07, 6.45) is 7.01. The maximum absolute atomic E-state index is 13.0. The molecule has 1 saturated heterocycles. The number of nitrogens with one attached hydrogen (secondary N) is 1. The minimum atomic E-state index is -4.15. The number of ether oxygens (including phenoxy) is 1. The van der Waals surface area contributed by atoms with Gasteiger partial charge in [-0.05, 0) is 92.4 Å². The van der Waals surface area contributed by atoms with Crippen LogP contribution in [0.1, 0.15) is 52.4 Å². The first-order valence-corrected chi connectivity index (χ1v) is 15.6. The summed E-state index contributed by atoms with van der Waals surface area (Å²) in [6, 6.07) is 20.1. The Balaban J connectivity index is 1.09. The van der Waals surface area contributed by atoms with Gasteiger partial charge in [0.15, 0.2) is 0 Å². The summed E-state index contributed by atoms with van der Waals surface area (Å²) in [5.74, 6) is 0.581. The number of nitrogens with zero attached hydrogens (tertiary/aromatic N) is 3. The third-order valence-corrected chi connectivity index (χ3v) is 9.04. The molecule has 1 aliphatic heterocycles. The number of hydrogen-bond acceptors (Lipinski definition) is 7. The Labute approximate surface area is 250 Å². The molecular formula is C32H32N4O6S. The van der Waals surface area contributed by atoms with E-state index >= 15 is 0 Å². The third-order valence-electron chi connectivity index (χ3n) is 7.80. The number of carbonyl (C=O) groups excluding carboxylic acids is 2. The van der Waals surface area contributed by atoms with Crippen molar-refractivity contribution in [3.05, 3.63) is 96.4 Å². The van der Waals surface area contributed by atoms with Gasteiger partial charge >= 0.3 is 10.1 Å². The third kappa shape index (κ3) is 6.41. The van der Waals surface area contributed by atoms with Crippen LogP contribution >= 0.6 is 0 Å². The van der Waals surface area contributed by atoms with E-state index in [9.17, 15) is 18.0 Å². The summed E-state index contributed by atoms with van der Waals surface area (Å²) in [4.78, 5) is 31.5. The molecule has 2 fully saturated rings. The van der Waals surface area contributed by atoms with Gasteiger partial charge in [-0.3, -0.25) is 9.59 Å². The largest absolute Gasteiger partial charge is 0.497 e. The number of methoxy groups -OCH3 is 1. The summed E-state index contributed by atoms with van der Waals surface area (Å²) in [5, 5.41) is 2.86. The zero-order valence-electron chi connectivity index (χ0n) is 23.7. The highest BCUT2D eigenvalue weighted by Gasteiger charge is 2.27. The van der Waals surface area contributed by atoms with Crippen LogP contribution in [0.15, 0.2) is 90.2 Å². The number of rotatable bonds is 9. The molecule has 1 aromatic heterocycles. The summed E-state index contributed by atoms with van der Waals surface area (Å²) in [6.45, 7) is 1.25. The Morgan fingerprint density at radius 3 is 2.26 bits per heavy atom. The number of likely N-dealkylation sites (tertiary alicyclic amines) is 1. The molecule has 1 N–H and O–H groups in total. The van der Waals surface area contributed by atoms with Crippen LogP contribution in [-0.2, 0) is 10.1 Å². The van der Waals surface area contributed by atoms with Crippen LogP contribution in [0, 0.1) is 0 Å². The van der Waals surface area contributed by atoms with Gasteiger partial charge in [-0.2, -0.15) is 8.42 Å². The van der Waals surface area contributed by atoms with Gasteiger partial charge in [0.25, 0.3) is 11.8 Å². The average molecular weight is 601 g/mol. The van der Waals surface area contributed by atoms with Crippen molar-refractivity contribution in [3.8, 4) is 22.8 Å². The van der Waals surface area contributed by atoms with Crippen LogP contribution in [0.2, 0.25) is 0 Å². The van der Waals surface area contributed by atoms with E-state index in [1.165, 1.54) is 18.2 Å². The molecule has 1 saturated carbocycles. The first-order chi connectivity index (χ1) is 20.8. The molecule has 2 heterocycles. The summed E-state index contributed by atoms with van der Waals surface area (Å²) in [7, 11) is -2.55. The van der Waals surface area contributed by atoms with Gasteiger partial charge in [0.05, 0.1) is 25.3 Å². The highest BCUT2D eigenvalue weighted by molar-refractivity contribution is 7.87. The molecule has 2 amide bonds. The second kappa shape index (κ2) is 11.9. The van der Waals surface area contributed by atoms with Crippen molar-refractivity contribution in [2.45, 2.75) is 42.7 Å². The van der Waals surface area contributed by atoms with Crippen LogP contribution < -0.4 is 14.2 Å². The molecule has 10 nitrogen and oxygen atoms in total. The zero-order chi connectivity index (χ0) is 30.0. The lowest BCUT2D eigenvalue weighted by molar-refractivity contribution is 0.0695. The second-order valence-electron chi connectivity index (χ2n) is 10.8. The fourth-order valence-corrected chi connectivity index (χ4v) is 6.21. The zero-order valence-corrected chi connectivity index (χ0v) is 24.5. The molecule has 1 aliphatic carbocycles. The molecule has 0 unspecified atom stereocenters. The molecule has 222 valence electrons. The molecule has 0 atom stereocenters. The van der Waals surface area contributed by atoms with Crippen LogP contribution in [0.3, 0.4) is 0 Å². The van der Waals surface area contributed by atoms with E-state index in [4.69, 9.17) is 8.92 Å². The molecule has 0 spiro atoms. The van der Waals surface area contributed by atoms with Gasteiger partial charge < -0.3 is 23.7 Å². The van der Waals surface area contributed by atoms with Crippen LogP contribution in [0.4, 0.5) is 0 Å². The minimum Gasteiger partial charge on any atom is -0.497 e. The van der Waals surface area contributed by atoms with Gasteiger partial charge in [-0.1, -0.05) is 6.07 Å². The number of piperidine rings is 1. The molecule has 3 aromatic carbocycles. The smallest absolute Gasteiger partial charge is 0.339 e. The normalized spacial score (nSPS) is 15.6. The number of carbonyl (C=O) groups is 2. The topological polar surface area (TPSA) is 120 Å². The van der Waals surface area contributed by atoms with Crippen molar-refractivity contribution in [3.63, 3.8) is 0 Å². The van der Waals surface area contributed by atoms with E-state index in [0.717, 1.165) is 36.9 Å². The van der Waals surface area contributed by atoms with Gasteiger partial charge in [0.1, 0.15) is 16.4 Å². The van der Waals surface area contributed by atoms with Crippen molar-refractivity contribution < 1.29 is 26.9 Å². The Morgan fingerprint density at radius 2 is 1.58 bits per heavy atom. The van der Waals surface area contributed by atoms with Crippen LogP contribution in [-0.4, -0.2) is 60.9 Å². The van der Waals surface area contributed by atoms with Crippen molar-refractivity contribution in [1.29, 1.82) is 0 Å². The number of benzene rings is 3. The van der Waals surface area contributed by atoms with Crippen LogP contribution in [0.25, 0.3) is 11.3 Å². The van der Waals surface area contributed by atoms with E-state index in [1.807, 2.05) is 4.90 Å². The van der Waals surface area contributed by atoms with E-state index in [1.54, 1.807) is 74.2 Å². The molecule has 6 rings (SSSR count). The van der Waals surface area contributed by atoms with E-state index in [-0.39, 0.29) is 40.1 Å². The second-order valence-corrected chi connectivity index (χ2v) is 12.3. The minimum absolute atomic E-state index is 0.00532. The highest BCUT2D eigenvalue weighted by atomic mass is 32.2. The van der Waals surface area contributed by atoms with Crippen LogP contribution in [0.5, 0.6) is 11.5 Å². The molecule has 43 heavy (non-hydrogen) atoms. The quantitative estimate of drug-likeness (QED) is 0.277. The standard InChI is InChI=1S/C32H32N4O6S/c1-41-27-11-7-23(8-12-27)32(38)35-17-15-26(16-18-35)36-21-33-20-30(36)22-5-13-28(14-6-22)42-43(39,40)29-4-2-3-24(19-29)31(37)34-25-9-10-25/h2-8,11-14,19-21,25-26H,9-10,15-18H2,1H3,(H,34,37). The molecule has 11 heteroatoms. The lowest BCUT2D eigenvalue weighted by atomic mass is 10.0.